The fourth-order valence-electron chi connectivity index (χ4n) is 2.34. The summed E-state index contributed by atoms with van der Waals surface area (Å²) < 4.78 is 25.3. The molecule has 5 nitrogen and oxygen atoms in total. The number of rotatable bonds is 8. The summed E-state index contributed by atoms with van der Waals surface area (Å²) in [4.78, 5) is 13.1. The lowest BCUT2D eigenvalue weighted by atomic mass is 10.1. The SMILES string of the molecule is CSc1cccc(N(CC(=O)NCCc2ccccc2)S(C)(=O)=O)c1. The molecule has 1 N–H and O–H groups in total. The summed E-state index contributed by atoms with van der Waals surface area (Å²) in [6.07, 6.45) is 3.73. The van der Waals surface area contributed by atoms with Crippen LogP contribution in [0.5, 0.6) is 0 Å². The van der Waals surface area contributed by atoms with Gasteiger partial charge in [-0.1, -0.05) is 36.4 Å². The van der Waals surface area contributed by atoms with Gasteiger partial charge in [-0.05, 0) is 36.4 Å². The van der Waals surface area contributed by atoms with Crippen LogP contribution < -0.4 is 9.62 Å². The van der Waals surface area contributed by atoms with Gasteiger partial charge in [-0.3, -0.25) is 9.10 Å². The highest BCUT2D eigenvalue weighted by Crippen LogP contribution is 2.23. The molecule has 2 aromatic carbocycles. The predicted octanol–water partition coefficient (Wildman–Crippen LogP) is 2.53. The smallest absolute Gasteiger partial charge is 0.240 e. The topological polar surface area (TPSA) is 66.5 Å². The monoisotopic (exact) mass is 378 g/mol. The second kappa shape index (κ2) is 8.92. The van der Waals surface area contributed by atoms with Crippen LogP contribution in [-0.4, -0.2) is 39.9 Å². The van der Waals surface area contributed by atoms with Crippen molar-refractivity contribution >= 4 is 33.4 Å². The van der Waals surface area contributed by atoms with Gasteiger partial charge in [-0.15, -0.1) is 11.8 Å². The van der Waals surface area contributed by atoms with Crippen molar-refractivity contribution in [1.82, 2.24) is 5.32 Å². The third-order valence-corrected chi connectivity index (χ3v) is 5.47. The minimum Gasteiger partial charge on any atom is -0.354 e. The molecule has 0 aliphatic rings. The molecule has 1 amide bonds. The van der Waals surface area contributed by atoms with Gasteiger partial charge >= 0.3 is 0 Å². The van der Waals surface area contributed by atoms with Crippen molar-refractivity contribution in [2.45, 2.75) is 11.3 Å². The maximum absolute atomic E-state index is 12.2. The van der Waals surface area contributed by atoms with Crippen LogP contribution in [0.4, 0.5) is 5.69 Å². The summed E-state index contributed by atoms with van der Waals surface area (Å²) in [5, 5.41) is 2.78. The van der Waals surface area contributed by atoms with Gasteiger partial charge in [0, 0.05) is 11.4 Å². The van der Waals surface area contributed by atoms with E-state index >= 15 is 0 Å². The highest BCUT2D eigenvalue weighted by Gasteiger charge is 2.20. The fourth-order valence-corrected chi connectivity index (χ4v) is 3.64. The average molecular weight is 379 g/mol. The van der Waals surface area contributed by atoms with Crippen molar-refractivity contribution in [1.29, 1.82) is 0 Å². The molecule has 0 atom stereocenters. The van der Waals surface area contributed by atoms with E-state index in [1.54, 1.807) is 18.2 Å². The lowest BCUT2D eigenvalue weighted by molar-refractivity contribution is -0.119. The van der Waals surface area contributed by atoms with Crippen LogP contribution in [0, 0.1) is 0 Å². The standard InChI is InChI=1S/C18H22N2O3S2/c1-24-17-10-6-9-16(13-17)20(25(2,22)23)14-18(21)19-12-11-15-7-4-3-5-8-15/h3-10,13H,11-12,14H2,1-2H3,(H,19,21). The van der Waals surface area contributed by atoms with E-state index < -0.39 is 10.0 Å². The Morgan fingerprint density at radius 3 is 2.48 bits per heavy atom. The van der Waals surface area contributed by atoms with Gasteiger partial charge in [-0.25, -0.2) is 8.42 Å². The average Bonchev–Trinajstić information content (AvgIpc) is 2.59. The Bertz CT molecular complexity index is 808. The number of hydrogen-bond acceptors (Lipinski definition) is 4. The lowest BCUT2D eigenvalue weighted by Crippen LogP contribution is -2.41. The molecule has 0 aromatic heterocycles. The molecule has 0 unspecified atom stereocenters. The number of carbonyl (C=O) groups is 1. The zero-order chi connectivity index (χ0) is 18.3. The predicted molar refractivity (Wildman–Crippen MR) is 104 cm³/mol. The number of anilines is 1. The van der Waals surface area contributed by atoms with Crippen molar-refractivity contribution in [2.75, 3.05) is 29.9 Å². The third-order valence-electron chi connectivity index (χ3n) is 3.61. The van der Waals surface area contributed by atoms with E-state index in [1.165, 1.54) is 11.8 Å². The van der Waals surface area contributed by atoms with Crippen LogP contribution in [0.15, 0.2) is 59.5 Å². The first kappa shape index (κ1) is 19.3. The lowest BCUT2D eigenvalue weighted by Gasteiger charge is -2.22. The van der Waals surface area contributed by atoms with Crippen molar-refractivity contribution in [3.8, 4) is 0 Å². The van der Waals surface area contributed by atoms with E-state index in [0.29, 0.717) is 18.7 Å². The zero-order valence-corrected chi connectivity index (χ0v) is 15.9. The Kier molecular flexibility index (Phi) is 6.90. The molecule has 0 aliphatic heterocycles. The molecule has 2 aromatic rings. The first-order valence-electron chi connectivity index (χ1n) is 7.82. The van der Waals surface area contributed by atoms with Crippen LogP contribution in [0.1, 0.15) is 5.56 Å². The largest absolute Gasteiger partial charge is 0.354 e. The molecule has 0 saturated heterocycles. The Balaban J connectivity index is 2.00. The molecule has 25 heavy (non-hydrogen) atoms. The van der Waals surface area contributed by atoms with E-state index in [4.69, 9.17) is 0 Å². The summed E-state index contributed by atoms with van der Waals surface area (Å²) in [5.41, 5.74) is 1.61. The number of benzene rings is 2. The maximum Gasteiger partial charge on any atom is 0.240 e. The Morgan fingerprint density at radius 1 is 1.12 bits per heavy atom. The van der Waals surface area contributed by atoms with Gasteiger partial charge < -0.3 is 5.32 Å². The number of hydrogen-bond donors (Lipinski definition) is 1. The van der Waals surface area contributed by atoms with Gasteiger partial charge in [0.25, 0.3) is 0 Å². The second-order valence-electron chi connectivity index (χ2n) is 5.56. The molecule has 0 aliphatic carbocycles. The van der Waals surface area contributed by atoms with E-state index in [9.17, 15) is 13.2 Å². The van der Waals surface area contributed by atoms with E-state index in [0.717, 1.165) is 21.0 Å². The number of nitrogens with one attached hydrogen (secondary N) is 1. The van der Waals surface area contributed by atoms with Crippen LogP contribution in [0.2, 0.25) is 0 Å². The van der Waals surface area contributed by atoms with Crippen LogP contribution in [-0.2, 0) is 21.2 Å². The van der Waals surface area contributed by atoms with Crippen molar-refractivity contribution in [3.05, 3.63) is 60.2 Å². The van der Waals surface area contributed by atoms with Gasteiger partial charge in [0.1, 0.15) is 6.54 Å². The highest BCUT2D eigenvalue weighted by atomic mass is 32.2. The Hall–Kier alpha value is -1.99. The highest BCUT2D eigenvalue weighted by molar-refractivity contribution is 7.98. The summed E-state index contributed by atoms with van der Waals surface area (Å²) >= 11 is 1.52. The number of nitrogens with zero attached hydrogens (tertiary/aromatic N) is 1. The van der Waals surface area contributed by atoms with E-state index in [2.05, 4.69) is 5.32 Å². The van der Waals surface area contributed by atoms with Gasteiger partial charge in [0.05, 0.1) is 11.9 Å². The second-order valence-corrected chi connectivity index (χ2v) is 8.34. The van der Waals surface area contributed by atoms with E-state index in [-0.39, 0.29) is 12.5 Å². The molecule has 0 spiro atoms. The summed E-state index contributed by atoms with van der Waals surface area (Å²) in [7, 11) is -3.55. The fraction of sp³-hybridized carbons (Fsp3) is 0.278. The Morgan fingerprint density at radius 2 is 1.84 bits per heavy atom. The first-order chi connectivity index (χ1) is 11.9. The van der Waals surface area contributed by atoms with Crippen LogP contribution in [0.3, 0.4) is 0 Å². The van der Waals surface area contributed by atoms with E-state index in [1.807, 2.05) is 42.7 Å². The number of amides is 1. The molecule has 0 bridgehead atoms. The van der Waals surface area contributed by atoms with Crippen molar-refractivity contribution < 1.29 is 13.2 Å². The first-order valence-corrected chi connectivity index (χ1v) is 10.9. The molecule has 134 valence electrons. The zero-order valence-electron chi connectivity index (χ0n) is 14.3. The van der Waals surface area contributed by atoms with Gasteiger partial charge in [-0.2, -0.15) is 0 Å². The molecular formula is C18H22N2O3S2. The molecular weight excluding hydrogens is 356 g/mol. The molecule has 2 rings (SSSR count). The minimum absolute atomic E-state index is 0.231. The third kappa shape index (κ3) is 6.10. The number of sulfonamides is 1. The van der Waals surface area contributed by atoms with Gasteiger partial charge in [0.15, 0.2) is 0 Å². The van der Waals surface area contributed by atoms with Crippen LogP contribution >= 0.6 is 11.8 Å². The molecule has 0 saturated carbocycles. The molecule has 7 heteroatoms. The summed E-state index contributed by atoms with van der Waals surface area (Å²) in [6.45, 7) is 0.233. The maximum atomic E-state index is 12.2. The normalized spacial score (nSPS) is 11.1. The molecule has 0 fully saturated rings. The number of carbonyl (C=O) groups excluding carboxylic acids is 1. The van der Waals surface area contributed by atoms with Crippen LogP contribution in [0.25, 0.3) is 0 Å². The molecule has 0 radical (unpaired) electrons. The van der Waals surface area contributed by atoms with Gasteiger partial charge in [0.2, 0.25) is 15.9 Å². The molecule has 0 heterocycles. The van der Waals surface area contributed by atoms with Crippen molar-refractivity contribution in [2.24, 2.45) is 0 Å². The number of thioether (sulfide) groups is 1. The minimum atomic E-state index is -3.55. The summed E-state index contributed by atoms with van der Waals surface area (Å²) in [5.74, 6) is -0.323. The Labute approximate surface area is 153 Å². The quantitative estimate of drug-likeness (QED) is 0.717. The van der Waals surface area contributed by atoms with Crippen molar-refractivity contribution in [3.63, 3.8) is 0 Å². The summed E-state index contributed by atoms with van der Waals surface area (Å²) in [6, 6.07) is 16.9.